The Hall–Kier alpha value is -2.77. The zero-order chi connectivity index (χ0) is 21.5. The van der Waals surface area contributed by atoms with Crippen molar-refractivity contribution in [2.75, 3.05) is 17.7 Å². The molecular formula is C24H21BrN2O3S. The maximum Gasteiger partial charge on any atom is 0.172 e. The molecule has 0 bridgehead atoms. The molecule has 2 aliphatic rings. The van der Waals surface area contributed by atoms with E-state index >= 15 is 0 Å². The van der Waals surface area contributed by atoms with Gasteiger partial charge in [0.05, 0.1) is 29.0 Å². The number of benzene rings is 2. The van der Waals surface area contributed by atoms with Gasteiger partial charge in [0.1, 0.15) is 0 Å². The van der Waals surface area contributed by atoms with Crippen LogP contribution < -0.4 is 15.4 Å². The number of anilines is 2. The van der Waals surface area contributed by atoms with E-state index in [0.29, 0.717) is 16.6 Å². The maximum atomic E-state index is 13.5. The molecule has 1 aromatic heterocycles. The molecule has 1 aliphatic heterocycles. The fourth-order valence-corrected chi connectivity index (χ4v) is 5.67. The summed E-state index contributed by atoms with van der Waals surface area (Å²) in [5.74, 6) is 0.699. The van der Waals surface area contributed by atoms with Crippen LogP contribution in [0, 0.1) is 0 Å². The number of para-hydroxylation sites is 2. The van der Waals surface area contributed by atoms with Crippen molar-refractivity contribution in [1.82, 2.24) is 0 Å². The minimum atomic E-state index is -0.367. The summed E-state index contributed by atoms with van der Waals surface area (Å²) in [5, 5.41) is 19.4. The Balaban J connectivity index is 1.65. The number of allylic oxidation sites excluding steroid dienone is 1. The Bertz CT molecular complexity index is 1190. The first kappa shape index (κ1) is 20.2. The number of methoxy groups -OCH3 is 1. The average molecular weight is 497 g/mol. The fraction of sp³-hybridized carbons (Fsp3) is 0.208. The van der Waals surface area contributed by atoms with Gasteiger partial charge >= 0.3 is 0 Å². The molecule has 31 heavy (non-hydrogen) atoms. The van der Waals surface area contributed by atoms with Gasteiger partial charge in [-0.2, -0.15) is 0 Å². The van der Waals surface area contributed by atoms with E-state index in [1.807, 2.05) is 36.4 Å². The molecule has 1 aliphatic carbocycles. The topological polar surface area (TPSA) is 70.6 Å². The standard InChI is InChI=1S/C24H21BrN2O3S/c1-30-20-12-14(9-15(25)24(20)29)23-22-18(26-16-5-2-3-6-17(16)27-23)10-13(11-19(22)28)21-7-4-8-31-21/h2-9,12-13,23,26-27,29H,10-11H2,1H3. The number of thiophene rings is 1. The quantitative estimate of drug-likeness (QED) is 0.402. The molecule has 0 radical (unpaired) electrons. The Kier molecular flexibility index (Phi) is 5.24. The zero-order valence-corrected chi connectivity index (χ0v) is 19.2. The van der Waals surface area contributed by atoms with Gasteiger partial charge in [0.2, 0.25) is 0 Å². The van der Waals surface area contributed by atoms with Crippen LogP contribution in [0.15, 0.2) is 69.7 Å². The van der Waals surface area contributed by atoms with Crippen molar-refractivity contribution in [3.8, 4) is 11.5 Å². The van der Waals surface area contributed by atoms with Crippen molar-refractivity contribution in [3.63, 3.8) is 0 Å². The number of ether oxygens (including phenoxy) is 1. The van der Waals surface area contributed by atoms with Gasteiger partial charge in [-0.3, -0.25) is 4.79 Å². The molecule has 0 saturated heterocycles. The molecule has 2 atom stereocenters. The van der Waals surface area contributed by atoms with Crippen LogP contribution in [0.5, 0.6) is 11.5 Å². The van der Waals surface area contributed by atoms with E-state index in [-0.39, 0.29) is 23.5 Å². The Morgan fingerprint density at radius 3 is 2.68 bits per heavy atom. The molecule has 0 amide bonds. The second-order valence-corrected chi connectivity index (χ2v) is 9.57. The number of halogens is 1. The monoisotopic (exact) mass is 496 g/mol. The molecule has 5 nitrogen and oxygen atoms in total. The van der Waals surface area contributed by atoms with E-state index in [0.717, 1.165) is 34.6 Å². The van der Waals surface area contributed by atoms with Crippen molar-refractivity contribution in [3.05, 3.63) is 80.1 Å². The molecule has 7 heteroatoms. The first-order chi connectivity index (χ1) is 15.0. The van der Waals surface area contributed by atoms with Crippen molar-refractivity contribution in [1.29, 1.82) is 0 Å². The van der Waals surface area contributed by atoms with Crippen molar-refractivity contribution in [2.24, 2.45) is 0 Å². The van der Waals surface area contributed by atoms with Crippen molar-refractivity contribution in [2.45, 2.75) is 24.8 Å². The molecule has 2 unspecified atom stereocenters. The summed E-state index contributed by atoms with van der Waals surface area (Å²) in [7, 11) is 1.52. The predicted molar refractivity (Wildman–Crippen MR) is 127 cm³/mol. The van der Waals surface area contributed by atoms with Gasteiger partial charge in [-0.25, -0.2) is 0 Å². The van der Waals surface area contributed by atoms with Crippen LogP contribution in [0.1, 0.15) is 35.2 Å². The fourth-order valence-electron chi connectivity index (χ4n) is 4.38. The molecule has 3 aromatic rings. The Labute approximate surface area is 192 Å². The van der Waals surface area contributed by atoms with E-state index in [1.54, 1.807) is 17.4 Å². The van der Waals surface area contributed by atoms with Gasteiger partial charge in [-0.15, -0.1) is 11.3 Å². The van der Waals surface area contributed by atoms with Gasteiger partial charge in [0.15, 0.2) is 17.3 Å². The molecule has 0 spiro atoms. The number of ketones is 1. The molecular weight excluding hydrogens is 476 g/mol. The van der Waals surface area contributed by atoms with Crippen molar-refractivity contribution >= 4 is 44.4 Å². The smallest absolute Gasteiger partial charge is 0.172 e. The molecule has 3 N–H and O–H groups in total. The van der Waals surface area contributed by atoms with Crippen molar-refractivity contribution < 1.29 is 14.6 Å². The van der Waals surface area contributed by atoms with Gasteiger partial charge in [0, 0.05) is 28.5 Å². The molecule has 0 fully saturated rings. The molecule has 0 saturated carbocycles. The van der Waals surface area contributed by atoms with Gasteiger partial charge in [0.25, 0.3) is 0 Å². The molecule has 2 aromatic carbocycles. The van der Waals surface area contributed by atoms with E-state index in [9.17, 15) is 9.90 Å². The lowest BCUT2D eigenvalue weighted by atomic mass is 9.80. The van der Waals surface area contributed by atoms with E-state index < -0.39 is 0 Å². The minimum absolute atomic E-state index is 0.0420. The van der Waals surface area contributed by atoms with Crippen LogP contribution in [-0.4, -0.2) is 18.0 Å². The normalized spacial score (nSPS) is 20.3. The number of Topliss-reactive ketones (excluding diaryl/α,β-unsaturated/α-hetero) is 1. The number of aromatic hydroxyl groups is 1. The van der Waals surface area contributed by atoms with Crippen LogP contribution in [0.3, 0.4) is 0 Å². The SMILES string of the molecule is COc1cc(C2Nc3ccccc3NC3=C2C(=O)CC(c2cccs2)C3)cc(Br)c1O. The van der Waals surface area contributed by atoms with Gasteiger partial charge in [-0.1, -0.05) is 18.2 Å². The number of carbonyl (C=O) groups is 1. The number of fused-ring (bicyclic) bond motifs is 1. The molecule has 2 heterocycles. The second-order valence-electron chi connectivity index (χ2n) is 7.74. The van der Waals surface area contributed by atoms with E-state index in [4.69, 9.17) is 4.74 Å². The third kappa shape index (κ3) is 3.62. The second kappa shape index (κ2) is 8.05. The average Bonchev–Trinajstić information content (AvgIpc) is 3.24. The van der Waals surface area contributed by atoms with E-state index in [2.05, 4.69) is 38.0 Å². The third-order valence-corrected chi connectivity index (χ3v) is 7.50. The predicted octanol–water partition coefficient (Wildman–Crippen LogP) is 6.20. The highest BCUT2D eigenvalue weighted by atomic mass is 79.9. The first-order valence-electron chi connectivity index (χ1n) is 10.0. The van der Waals surface area contributed by atoms with Crippen LogP contribution in [-0.2, 0) is 4.79 Å². The number of nitrogens with one attached hydrogen (secondary N) is 2. The lowest BCUT2D eigenvalue weighted by molar-refractivity contribution is -0.116. The molecule has 158 valence electrons. The lowest BCUT2D eigenvalue weighted by Gasteiger charge is -2.29. The third-order valence-electron chi connectivity index (χ3n) is 5.86. The maximum absolute atomic E-state index is 13.5. The van der Waals surface area contributed by atoms with Gasteiger partial charge < -0.3 is 20.5 Å². The van der Waals surface area contributed by atoms with Crippen LogP contribution in [0.4, 0.5) is 11.4 Å². The largest absolute Gasteiger partial charge is 0.503 e. The highest BCUT2D eigenvalue weighted by Gasteiger charge is 2.36. The van der Waals surface area contributed by atoms with Crippen LogP contribution in [0.2, 0.25) is 0 Å². The van der Waals surface area contributed by atoms with Crippen LogP contribution >= 0.6 is 27.3 Å². The number of carbonyl (C=O) groups excluding carboxylic acids is 1. The summed E-state index contributed by atoms with van der Waals surface area (Å²) >= 11 is 5.12. The van der Waals surface area contributed by atoms with Crippen LogP contribution in [0.25, 0.3) is 0 Å². The number of hydrogen-bond donors (Lipinski definition) is 3. The summed E-state index contributed by atoms with van der Waals surface area (Å²) in [6.45, 7) is 0. The summed E-state index contributed by atoms with van der Waals surface area (Å²) in [5.41, 5.74) is 4.40. The minimum Gasteiger partial charge on any atom is -0.503 e. The highest BCUT2D eigenvalue weighted by Crippen LogP contribution is 2.46. The number of phenolic OH excluding ortho intramolecular Hbond substituents is 1. The number of rotatable bonds is 3. The summed E-state index contributed by atoms with van der Waals surface area (Å²) in [6, 6.07) is 15.4. The zero-order valence-electron chi connectivity index (χ0n) is 16.8. The van der Waals surface area contributed by atoms with Gasteiger partial charge in [-0.05, 0) is 63.6 Å². The summed E-state index contributed by atoms with van der Waals surface area (Å²) in [4.78, 5) is 14.7. The number of hydrogen-bond acceptors (Lipinski definition) is 6. The lowest BCUT2D eigenvalue weighted by Crippen LogP contribution is -2.26. The Morgan fingerprint density at radius 2 is 1.94 bits per heavy atom. The summed E-state index contributed by atoms with van der Waals surface area (Å²) in [6.07, 6.45) is 1.25. The molecule has 5 rings (SSSR count). The highest BCUT2D eigenvalue weighted by molar-refractivity contribution is 9.10. The first-order valence-corrected chi connectivity index (χ1v) is 11.7. The number of phenols is 1. The Morgan fingerprint density at radius 1 is 1.13 bits per heavy atom. The summed E-state index contributed by atoms with van der Waals surface area (Å²) < 4.78 is 5.89. The van der Waals surface area contributed by atoms with E-state index in [1.165, 1.54) is 12.0 Å².